The van der Waals surface area contributed by atoms with Crippen LogP contribution >= 0.6 is 29.4 Å². The minimum atomic E-state index is -3.67. The monoisotopic (exact) mass is 505 g/mol. The van der Waals surface area contributed by atoms with Gasteiger partial charge in [0, 0.05) is 16.4 Å². The highest BCUT2D eigenvalue weighted by atomic mass is 33.1. The van der Waals surface area contributed by atoms with Crippen LogP contribution in [0.1, 0.15) is 33.9 Å². The topological polar surface area (TPSA) is 133 Å². The van der Waals surface area contributed by atoms with E-state index >= 15 is 0 Å². The molecule has 4 heterocycles. The van der Waals surface area contributed by atoms with E-state index in [0.717, 1.165) is 0 Å². The molecule has 2 N–H and O–H groups in total. The first kappa shape index (κ1) is 24.1. The summed E-state index contributed by atoms with van der Waals surface area (Å²) in [7, 11) is 1.24. The molecular weight excluding hydrogens is 477 g/mol. The summed E-state index contributed by atoms with van der Waals surface area (Å²) >= 11 is 0. The summed E-state index contributed by atoms with van der Waals surface area (Å²) in [5, 5.41) is 0. The molecule has 32 heavy (non-hydrogen) atoms. The maximum absolute atomic E-state index is 13.0. The highest BCUT2D eigenvalue weighted by Gasteiger charge is 2.52. The van der Waals surface area contributed by atoms with Crippen LogP contribution in [-0.4, -0.2) is 62.6 Å². The molecule has 0 unspecified atom stereocenters. The van der Waals surface area contributed by atoms with Gasteiger partial charge in [-0.2, -0.15) is 9.97 Å². The SMILES string of the molecule is COc1nc(N)nc2c1ncn2[C@@H]1O[C@@H]2CO[P@](=O)(OCCSSC(C)(C)C)O[C@H]2[C@@H]1C. The van der Waals surface area contributed by atoms with Crippen LogP contribution in [-0.2, 0) is 22.9 Å². The Kier molecular flexibility index (Phi) is 6.98. The van der Waals surface area contributed by atoms with Crippen LogP contribution in [0.3, 0.4) is 0 Å². The molecule has 14 heteroatoms. The molecule has 0 amide bonds. The second-order valence-electron chi connectivity index (χ2n) is 8.50. The molecule has 2 aliphatic heterocycles. The summed E-state index contributed by atoms with van der Waals surface area (Å²) in [6.45, 7) is 8.74. The van der Waals surface area contributed by atoms with Crippen LogP contribution in [0.15, 0.2) is 6.33 Å². The largest absolute Gasteiger partial charge is 0.479 e. The number of phosphoric acid groups is 1. The molecule has 2 saturated heterocycles. The van der Waals surface area contributed by atoms with Crippen molar-refractivity contribution >= 4 is 46.5 Å². The van der Waals surface area contributed by atoms with Gasteiger partial charge in [-0.25, -0.2) is 9.55 Å². The number of anilines is 1. The third kappa shape index (κ3) is 5.03. The Morgan fingerprint density at radius 1 is 1.38 bits per heavy atom. The first-order valence-corrected chi connectivity index (χ1v) is 14.0. The van der Waals surface area contributed by atoms with E-state index in [1.165, 1.54) is 7.11 Å². The number of ether oxygens (including phenoxy) is 2. The predicted molar refractivity (Wildman–Crippen MR) is 124 cm³/mol. The van der Waals surface area contributed by atoms with Gasteiger partial charge in [-0.1, -0.05) is 49.3 Å². The molecule has 2 aromatic heterocycles. The number of nitrogens with zero attached hydrogens (tertiary/aromatic N) is 4. The van der Waals surface area contributed by atoms with E-state index in [1.807, 2.05) is 6.92 Å². The summed E-state index contributed by atoms with van der Waals surface area (Å²) in [5.41, 5.74) is 6.78. The number of hydrogen-bond donors (Lipinski definition) is 1. The lowest BCUT2D eigenvalue weighted by atomic mass is 10.0. The first-order valence-electron chi connectivity index (χ1n) is 10.2. The summed E-state index contributed by atoms with van der Waals surface area (Å²) < 4.78 is 43.1. The van der Waals surface area contributed by atoms with Crippen LogP contribution in [0.4, 0.5) is 5.95 Å². The van der Waals surface area contributed by atoms with Crippen molar-refractivity contribution in [2.45, 2.75) is 50.9 Å². The van der Waals surface area contributed by atoms with Gasteiger partial charge in [0.15, 0.2) is 11.2 Å². The Morgan fingerprint density at radius 2 is 2.16 bits per heavy atom. The number of hydrogen-bond acceptors (Lipinski definition) is 12. The quantitative estimate of drug-likeness (QED) is 0.334. The number of phosphoric ester groups is 1. The van der Waals surface area contributed by atoms with E-state index in [0.29, 0.717) is 16.9 Å². The molecule has 11 nitrogen and oxygen atoms in total. The normalized spacial score (nSPS) is 30.5. The lowest BCUT2D eigenvalue weighted by molar-refractivity contribution is -0.0700. The van der Waals surface area contributed by atoms with Gasteiger partial charge in [-0.15, -0.1) is 0 Å². The molecule has 5 atom stereocenters. The fourth-order valence-electron chi connectivity index (χ4n) is 3.55. The second-order valence-corrected chi connectivity index (χ2v) is 13.4. The predicted octanol–water partition coefficient (Wildman–Crippen LogP) is 3.67. The zero-order valence-electron chi connectivity index (χ0n) is 18.6. The van der Waals surface area contributed by atoms with Crippen molar-refractivity contribution in [3.8, 4) is 5.88 Å². The molecular formula is C18H28N5O6PS2. The first-order chi connectivity index (χ1) is 15.1. The molecule has 2 aliphatic rings. The highest BCUT2D eigenvalue weighted by Crippen LogP contribution is 2.58. The number of nitrogens with two attached hydrogens (primary N) is 1. The third-order valence-corrected chi connectivity index (χ3v) is 9.67. The molecule has 0 bridgehead atoms. The maximum atomic E-state index is 13.0. The molecule has 0 spiro atoms. The molecule has 4 rings (SSSR count). The summed E-state index contributed by atoms with van der Waals surface area (Å²) in [4.78, 5) is 12.7. The van der Waals surface area contributed by atoms with Crippen LogP contribution in [0.2, 0.25) is 0 Å². The van der Waals surface area contributed by atoms with Crippen LogP contribution in [0, 0.1) is 5.92 Å². The lowest BCUT2D eigenvalue weighted by Crippen LogP contribution is -2.36. The molecule has 0 aromatic carbocycles. The van der Waals surface area contributed by atoms with E-state index in [-0.39, 0.29) is 35.7 Å². The molecule has 0 radical (unpaired) electrons. The third-order valence-electron chi connectivity index (χ3n) is 4.90. The van der Waals surface area contributed by atoms with Gasteiger partial charge in [0.2, 0.25) is 11.8 Å². The standard InChI is InChI=1S/C18H28N5O6PS2/c1-10-13-11(8-27-30(24,29-13)26-6-7-31-32-18(2,3)4)28-16(10)23-9-20-12-14(23)21-17(19)22-15(12)25-5/h9-11,13,16H,6-8H2,1-5H3,(H2,19,21,22)/t10-,11+,13-,16+,30-/m0/s1. The Hall–Kier alpha value is -1.08. The van der Waals surface area contributed by atoms with Gasteiger partial charge in [-0.3, -0.25) is 18.1 Å². The average molecular weight is 506 g/mol. The number of rotatable bonds is 7. The van der Waals surface area contributed by atoms with Crippen molar-refractivity contribution in [2.24, 2.45) is 5.92 Å². The summed E-state index contributed by atoms with van der Waals surface area (Å²) in [6, 6.07) is 0. The van der Waals surface area contributed by atoms with Gasteiger partial charge in [-0.05, 0) is 0 Å². The van der Waals surface area contributed by atoms with Crippen LogP contribution in [0.5, 0.6) is 5.88 Å². The lowest BCUT2D eigenvalue weighted by Gasteiger charge is -2.31. The Labute approximate surface area is 194 Å². The van der Waals surface area contributed by atoms with E-state index in [9.17, 15) is 4.57 Å². The van der Waals surface area contributed by atoms with Crippen molar-refractivity contribution in [1.82, 2.24) is 19.5 Å². The number of imidazole rings is 1. The zero-order chi connectivity index (χ0) is 23.1. The maximum Gasteiger partial charge on any atom is 0.475 e. The van der Waals surface area contributed by atoms with Gasteiger partial charge in [0.25, 0.3) is 0 Å². The van der Waals surface area contributed by atoms with E-state index < -0.39 is 26.3 Å². The van der Waals surface area contributed by atoms with Crippen molar-refractivity contribution in [1.29, 1.82) is 0 Å². The van der Waals surface area contributed by atoms with Gasteiger partial charge in [0.05, 0.1) is 26.7 Å². The number of aromatic nitrogens is 4. The minimum Gasteiger partial charge on any atom is -0.479 e. The zero-order valence-corrected chi connectivity index (χ0v) is 21.1. The number of methoxy groups -OCH3 is 1. The van der Waals surface area contributed by atoms with Crippen molar-refractivity contribution < 1.29 is 27.6 Å². The van der Waals surface area contributed by atoms with Crippen LogP contribution < -0.4 is 10.5 Å². The summed E-state index contributed by atoms with van der Waals surface area (Å²) in [6.07, 6.45) is 0.267. The molecule has 0 aliphatic carbocycles. The van der Waals surface area contributed by atoms with E-state index in [1.54, 1.807) is 32.5 Å². The van der Waals surface area contributed by atoms with Gasteiger partial charge in [0.1, 0.15) is 18.4 Å². The molecule has 178 valence electrons. The van der Waals surface area contributed by atoms with Crippen LogP contribution in [0.25, 0.3) is 11.2 Å². The fraction of sp³-hybridized carbons (Fsp3) is 0.722. The fourth-order valence-corrected chi connectivity index (χ4v) is 7.24. The molecule has 2 aromatic rings. The van der Waals surface area contributed by atoms with Gasteiger partial charge >= 0.3 is 7.82 Å². The van der Waals surface area contributed by atoms with Crippen molar-refractivity contribution in [3.63, 3.8) is 0 Å². The molecule has 2 fully saturated rings. The Balaban J connectivity index is 1.43. The molecule has 0 saturated carbocycles. The number of fused-ring (bicyclic) bond motifs is 2. The smallest absolute Gasteiger partial charge is 0.475 e. The van der Waals surface area contributed by atoms with Gasteiger partial charge < -0.3 is 15.2 Å². The second kappa shape index (κ2) is 9.28. The van der Waals surface area contributed by atoms with E-state index in [2.05, 4.69) is 35.7 Å². The van der Waals surface area contributed by atoms with Crippen molar-refractivity contribution in [2.75, 3.05) is 31.8 Å². The minimum absolute atomic E-state index is 0.0687. The van der Waals surface area contributed by atoms with E-state index in [4.69, 9.17) is 28.8 Å². The summed E-state index contributed by atoms with van der Waals surface area (Å²) in [5.74, 6) is 0.852. The van der Waals surface area contributed by atoms with Crippen molar-refractivity contribution in [3.05, 3.63) is 6.33 Å². The Morgan fingerprint density at radius 3 is 2.88 bits per heavy atom. The highest BCUT2D eigenvalue weighted by molar-refractivity contribution is 8.77. The Bertz CT molecular complexity index is 1020. The number of nitrogen functional groups attached to an aromatic ring is 1. The average Bonchev–Trinajstić information content (AvgIpc) is 3.27.